The number of rotatable bonds is 14. The molecule has 1 N–H and O–H groups in total. The van der Waals surface area contributed by atoms with E-state index in [1.54, 1.807) is 6.20 Å². The molecule has 1 aromatic rings. The molecule has 126 valence electrons. The standard InChI is InChI=1S/C17H29BrN2OS/c18-16-9-10-17(20-15-16)21-13-8-6-4-2-1-3-5-7-11-19-12-14-22/h9-10,15,19,22H,1-8,11-14H2. The molecule has 1 aromatic heterocycles. The third-order valence-electron chi connectivity index (χ3n) is 3.49. The molecule has 0 aliphatic carbocycles. The number of unbranched alkanes of at least 4 members (excludes halogenated alkanes) is 7. The molecule has 1 heterocycles. The van der Waals surface area contributed by atoms with Gasteiger partial charge in [0, 0.05) is 29.0 Å². The van der Waals surface area contributed by atoms with Gasteiger partial charge in [0.1, 0.15) is 0 Å². The molecule has 0 aliphatic heterocycles. The van der Waals surface area contributed by atoms with Crippen molar-refractivity contribution in [3.63, 3.8) is 0 Å². The fraction of sp³-hybridized carbons (Fsp3) is 0.706. The number of ether oxygens (including phenoxy) is 1. The molecule has 0 atom stereocenters. The van der Waals surface area contributed by atoms with Gasteiger partial charge in [-0.3, -0.25) is 0 Å². The number of nitrogens with one attached hydrogen (secondary N) is 1. The van der Waals surface area contributed by atoms with Crippen molar-refractivity contribution in [1.29, 1.82) is 0 Å². The van der Waals surface area contributed by atoms with Crippen LogP contribution in [-0.2, 0) is 0 Å². The average Bonchev–Trinajstić information content (AvgIpc) is 2.53. The lowest BCUT2D eigenvalue weighted by Gasteiger charge is -2.05. The van der Waals surface area contributed by atoms with E-state index in [4.69, 9.17) is 4.74 Å². The van der Waals surface area contributed by atoms with Gasteiger partial charge in [-0.05, 0) is 41.4 Å². The molecule has 0 radical (unpaired) electrons. The van der Waals surface area contributed by atoms with Crippen LogP contribution in [0, 0.1) is 0 Å². The molecule has 0 aromatic carbocycles. The van der Waals surface area contributed by atoms with Crippen LogP contribution >= 0.6 is 28.6 Å². The van der Waals surface area contributed by atoms with Crippen molar-refractivity contribution in [2.75, 3.05) is 25.4 Å². The molecule has 3 nitrogen and oxygen atoms in total. The Morgan fingerprint density at radius 2 is 1.64 bits per heavy atom. The summed E-state index contributed by atoms with van der Waals surface area (Å²) in [6.45, 7) is 2.94. The molecule has 0 aliphatic rings. The fourth-order valence-electron chi connectivity index (χ4n) is 2.24. The van der Waals surface area contributed by atoms with Gasteiger partial charge in [0.2, 0.25) is 5.88 Å². The van der Waals surface area contributed by atoms with Crippen LogP contribution in [0.2, 0.25) is 0 Å². The number of aromatic nitrogens is 1. The van der Waals surface area contributed by atoms with E-state index < -0.39 is 0 Å². The lowest BCUT2D eigenvalue weighted by Crippen LogP contribution is -2.17. The normalized spacial score (nSPS) is 10.8. The maximum Gasteiger partial charge on any atom is 0.213 e. The maximum absolute atomic E-state index is 5.61. The van der Waals surface area contributed by atoms with Crippen molar-refractivity contribution in [3.8, 4) is 5.88 Å². The maximum atomic E-state index is 5.61. The smallest absolute Gasteiger partial charge is 0.213 e. The lowest BCUT2D eigenvalue weighted by molar-refractivity contribution is 0.293. The van der Waals surface area contributed by atoms with E-state index in [1.807, 2.05) is 12.1 Å². The Hall–Kier alpha value is -0.260. The summed E-state index contributed by atoms with van der Waals surface area (Å²) in [5.74, 6) is 1.65. The second-order valence-corrected chi connectivity index (χ2v) is 6.83. The second kappa shape index (κ2) is 14.3. The third kappa shape index (κ3) is 11.3. The van der Waals surface area contributed by atoms with E-state index in [9.17, 15) is 0 Å². The van der Waals surface area contributed by atoms with Gasteiger partial charge in [-0.2, -0.15) is 12.6 Å². The lowest BCUT2D eigenvalue weighted by atomic mass is 10.1. The van der Waals surface area contributed by atoms with Crippen LogP contribution in [0.15, 0.2) is 22.8 Å². The highest BCUT2D eigenvalue weighted by Crippen LogP contribution is 2.13. The minimum Gasteiger partial charge on any atom is -0.478 e. The highest BCUT2D eigenvalue weighted by molar-refractivity contribution is 9.10. The predicted octanol–water partition coefficient (Wildman–Crippen LogP) is 4.86. The molecule has 5 heteroatoms. The highest BCUT2D eigenvalue weighted by atomic mass is 79.9. The van der Waals surface area contributed by atoms with Crippen LogP contribution in [0.4, 0.5) is 0 Å². The van der Waals surface area contributed by atoms with Crippen molar-refractivity contribution in [3.05, 3.63) is 22.8 Å². The van der Waals surface area contributed by atoms with Crippen LogP contribution in [0.1, 0.15) is 51.4 Å². The zero-order chi connectivity index (χ0) is 15.9. The van der Waals surface area contributed by atoms with Gasteiger partial charge in [0.05, 0.1) is 6.61 Å². The predicted molar refractivity (Wildman–Crippen MR) is 101 cm³/mol. The highest BCUT2D eigenvalue weighted by Gasteiger charge is 1.96. The molecule has 0 unspecified atom stereocenters. The average molecular weight is 389 g/mol. The first-order chi connectivity index (χ1) is 10.8. The van der Waals surface area contributed by atoms with Gasteiger partial charge in [-0.15, -0.1) is 0 Å². The SMILES string of the molecule is SCCNCCCCCCCCCCOc1ccc(Br)cn1. The summed E-state index contributed by atoms with van der Waals surface area (Å²) in [4.78, 5) is 4.19. The van der Waals surface area contributed by atoms with Crippen molar-refractivity contribution in [2.45, 2.75) is 51.4 Å². The van der Waals surface area contributed by atoms with Crippen LogP contribution in [0.5, 0.6) is 5.88 Å². The summed E-state index contributed by atoms with van der Waals surface area (Å²) in [6, 6.07) is 3.85. The van der Waals surface area contributed by atoms with Crippen LogP contribution in [0.25, 0.3) is 0 Å². The number of pyridine rings is 1. The summed E-state index contributed by atoms with van der Waals surface area (Å²) < 4.78 is 6.59. The Morgan fingerprint density at radius 3 is 2.27 bits per heavy atom. The van der Waals surface area contributed by atoms with Gasteiger partial charge in [-0.25, -0.2) is 4.98 Å². The Kier molecular flexibility index (Phi) is 12.9. The molecule has 0 saturated heterocycles. The van der Waals surface area contributed by atoms with Crippen molar-refractivity contribution < 1.29 is 4.74 Å². The van der Waals surface area contributed by atoms with Crippen LogP contribution < -0.4 is 10.1 Å². The first-order valence-electron chi connectivity index (χ1n) is 8.39. The minimum absolute atomic E-state index is 0.717. The summed E-state index contributed by atoms with van der Waals surface area (Å²) in [6.07, 6.45) is 12.2. The summed E-state index contributed by atoms with van der Waals surface area (Å²) >= 11 is 7.54. The minimum atomic E-state index is 0.717. The van der Waals surface area contributed by atoms with Gasteiger partial charge in [-0.1, -0.05) is 38.5 Å². The van der Waals surface area contributed by atoms with Crippen molar-refractivity contribution in [1.82, 2.24) is 10.3 Å². The molecule has 1 rings (SSSR count). The van der Waals surface area contributed by atoms with Crippen LogP contribution in [0.3, 0.4) is 0 Å². The molecular formula is C17H29BrN2OS. The first-order valence-corrected chi connectivity index (χ1v) is 9.81. The van der Waals surface area contributed by atoms with Crippen molar-refractivity contribution >= 4 is 28.6 Å². The van der Waals surface area contributed by atoms with E-state index in [0.717, 1.165) is 42.2 Å². The number of hydrogen-bond acceptors (Lipinski definition) is 4. The molecule has 22 heavy (non-hydrogen) atoms. The van der Waals surface area contributed by atoms with E-state index in [0.29, 0.717) is 0 Å². The topological polar surface area (TPSA) is 34.1 Å². The van der Waals surface area contributed by atoms with E-state index in [-0.39, 0.29) is 0 Å². The first kappa shape index (κ1) is 19.8. The van der Waals surface area contributed by atoms with Gasteiger partial charge in [0.15, 0.2) is 0 Å². The number of nitrogens with zero attached hydrogens (tertiary/aromatic N) is 1. The molecule has 0 bridgehead atoms. The van der Waals surface area contributed by atoms with E-state index in [2.05, 4.69) is 38.9 Å². The van der Waals surface area contributed by atoms with E-state index in [1.165, 1.54) is 44.9 Å². The number of thiol groups is 1. The van der Waals surface area contributed by atoms with Gasteiger partial charge < -0.3 is 10.1 Å². The zero-order valence-electron chi connectivity index (χ0n) is 13.4. The molecule has 0 spiro atoms. The van der Waals surface area contributed by atoms with E-state index >= 15 is 0 Å². The van der Waals surface area contributed by atoms with Crippen molar-refractivity contribution in [2.24, 2.45) is 0 Å². The molecule has 0 saturated carbocycles. The molecular weight excluding hydrogens is 360 g/mol. The van der Waals surface area contributed by atoms with Gasteiger partial charge in [0.25, 0.3) is 0 Å². The molecule has 0 amide bonds. The monoisotopic (exact) mass is 388 g/mol. The Morgan fingerprint density at radius 1 is 0.955 bits per heavy atom. The Balaban J connectivity index is 1.79. The Bertz CT molecular complexity index is 362. The zero-order valence-corrected chi connectivity index (χ0v) is 15.9. The summed E-state index contributed by atoms with van der Waals surface area (Å²) in [5, 5.41) is 3.38. The molecule has 0 fully saturated rings. The summed E-state index contributed by atoms with van der Waals surface area (Å²) in [5.41, 5.74) is 0. The largest absolute Gasteiger partial charge is 0.478 e. The third-order valence-corrected chi connectivity index (χ3v) is 4.18. The Labute approximate surface area is 149 Å². The van der Waals surface area contributed by atoms with Gasteiger partial charge >= 0.3 is 0 Å². The second-order valence-electron chi connectivity index (χ2n) is 5.47. The quantitative estimate of drug-likeness (QED) is 0.352. The number of hydrogen-bond donors (Lipinski definition) is 2. The number of halogens is 1. The fourth-order valence-corrected chi connectivity index (χ4v) is 2.63. The summed E-state index contributed by atoms with van der Waals surface area (Å²) in [7, 11) is 0. The van der Waals surface area contributed by atoms with Crippen LogP contribution in [-0.4, -0.2) is 30.4 Å².